The number of carbonyl (C=O) groups excluding carboxylic acids is 2. The molecule has 1 atom stereocenters. The van der Waals surface area contributed by atoms with Crippen LogP contribution in [0.2, 0.25) is 0 Å². The Labute approximate surface area is 163 Å². The molecule has 144 valence electrons. The first-order valence-electron chi connectivity index (χ1n) is 9.12. The number of anilines is 2. The lowest BCUT2D eigenvalue weighted by molar-refractivity contribution is -0.117. The third-order valence-electron chi connectivity index (χ3n) is 4.66. The van der Waals surface area contributed by atoms with Crippen molar-refractivity contribution < 1.29 is 14.7 Å². The Morgan fingerprint density at radius 3 is 2.81 bits per heavy atom. The molecular weight excluding hydrogens is 362 g/mol. The molecule has 0 aliphatic carbocycles. The second kappa shape index (κ2) is 8.54. The van der Waals surface area contributed by atoms with E-state index in [1.54, 1.807) is 27.2 Å². The van der Waals surface area contributed by atoms with Gasteiger partial charge in [0, 0.05) is 40.1 Å². The van der Waals surface area contributed by atoms with Gasteiger partial charge >= 0.3 is 6.03 Å². The predicted molar refractivity (Wildman–Crippen MR) is 108 cm³/mol. The number of hydrogen-bond donors (Lipinski definition) is 2. The van der Waals surface area contributed by atoms with Crippen molar-refractivity contribution in [1.29, 1.82) is 0 Å². The van der Waals surface area contributed by atoms with Gasteiger partial charge in [0.25, 0.3) is 0 Å². The number of rotatable bonds is 6. The summed E-state index contributed by atoms with van der Waals surface area (Å²) in [6.45, 7) is 4.66. The van der Waals surface area contributed by atoms with Gasteiger partial charge in [-0.05, 0) is 50.6 Å². The largest absolute Gasteiger partial charge is 0.395 e. The topological polar surface area (TPSA) is 72.9 Å². The minimum Gasteiger partial charge on any atom is -0.395 e. The molecule has 0 radical (unpaired) electrons. The van der Waals surface area contributed by atoms with E-state index in [1.807, 2.05) is 44.2 Å². The van der Waals surface area contributed by atoms with Crippen LogP contribution in [0.1, 0.15) is 29.5 Å². The molecule has 0 saturated carbocycles. The van der Waals surface area contributed by atoms with Crippen molar-refractivity contribution >= 4 is 34.6 Å². The van der Waals surface area contributed by atoms with Gasteiger partial charge in [0.1, 0.15) is 0 Å². The van der Waals surface area contributed by atoms with Gasteiger partial charge in [-0.15, -0.1) is 11.3 Å². The minimum absolute atomic E-state index is 0.0996. The Morgan fingerprint density at radius 1 is 1.37 bits per heavy atom. The lowest BCUT2D eigenvalue weighted by Crippen LogP contribution is -2.36. The molecule has 3 amide bonds. The molecule has 3 rings (SSSR count). The van der Waals surface area contributed by atoms with Crippen LogP contribution in [0.15, 0.2) is 36.4 Å². The summed E-state index contributed by atoms with van der Waals surface area (Å²) in [5.41, 5.74) is 1.43. The van der Waals surface area contributed by atoms with Crippen LogP contribution >= 0.6 is 11.3 Å². The quantitative estimate of drug-likeness (QED) is 0.795. The number of urea groups is 1. The van der Waals surface area contributed by atoms with E-state index in [9.17, 15) is 14.7 Å². The molecule has 1 saturated heterocycles. The Balaban J connectivity index is 1.71. The molecule has 0 unspecified atom stereocenters. The lowest BCUT2D eigenvalue weighted by atomic mass is 10.2. The third-order valence-corrected chi connectivity index (χ3v) is 5.65. The monoisotopic (exact) mass is 387 g/mol. The summed E-state index contributed by atoms with van der Waals surface area (Å²) in [5.74, 6) is 0.112. The average molecular weight is 388 g/mol. The van der Waals surface area contributed by atoms with Crippen LogP contribution in [0.25, 0.3) is 0 Å². The van der Waals surface area contributed by atoms with E-state index in [0.717, 1.165) is 17.0 Å². The molecule has 6 nitrogen and oxygen atoms in total. The summed E-state index contributed by atoms with van der Waals surface area (Å²) in [6, 6.07) is 11.3. The summed E-state index contributed by atoms with van der Waals surface area (Å²) >= 11 is 1.64. The van der Waals surface area contributed by atoms with Gasteiger partial charge in [-0.2, -0.15) is 0 Å². The van der Waals surface area contributed by atoms with Crippen LogP contribution in [0.5, 0.6) is 0 Å². The van der Waals surface area contributed by atoms with E-state index in [4.69, 9.17) is 0 Å². The van der Waals surface area contributed by atoms with E-state index in [0.29, 0.717) is 18.7 Å². The van der Waals surface area contributed by atoms with Crippen LogP contribution in [-0.4, -0.2) is 41.1 Å². The molecular formula is C20H25N3O3S. The molecule has 0 spiro atoms. The average Bonchev–Trinajstić information content (AvgIpc) is 3.19. The number of aliphatic hydroxyl groups is 1. The van der Waals surface area contributed by atoms with Gasteiger partial charge in [-0.1, -0.05) is 6.07 Å². The van der Waals surface area contributed by atoms with Crippen LogP contribution < -0.4 is 10.2 Å². The highest BCUT2D eigenvalue weighted by Gasteiger charge is 2.28. The summed E-state index contributed by atoms with van der Waals surface area (Å²) < 4.78 is 0. The van der Waals surface area contributed by atoms with Crippen molar-refractivity contribution in [3.05, 3.63) is 46.2 Å². The first kappa shape index (κ1) is 19.4. The molecule has 7 heteroatoms. The zero-order chi connectivity index (χ0) is 19.4. The predicted octanol–water partition coefficient (Wildman–Crippen LogP) is 3.60. The van der Waals surface area contributed by atoms with Gasteiger partial charge in [0.2, 0.25) is 5.91 Å². The fraction of sp³-hybridized carbons (Fsp3) is 0.400. The van der Waals surface area contributed by atoms with Gasteiger partial charge < -0.3 is 20.2 Å². The van der Waals surface area contributed by atoms with E-state index in [1.165, 1.54) is 4.88 Å². The SMILES string of the molecule is Cc1ccc(CN(CCO)C(=O)Nc2cccc(N3C(=O)CC[C@@H]3C)c2)s1. The molecule has 1 aromatic heterocycles. The molecule has 2 heterocycles. The summed E-state index contributed by atoms with van der Waals surface area (Å²) in [7, 11) is 0. The maximum absolute atomic E-state index is 12.7. The van der Waals surface area contributed by atoms with Crippen molar-refractivity contribution in [1.82, 2.24) is 4.90 Å². The van der Waals surface area contributed by atoms with E-state index in [-0.39, 0.29) is 31.1 Å². The first-order valence-corrected chi connectivity index (χ1v) is 9.94. The number of amides is 3. The van der Waals surface area contributed by atoms with Gasteiger partial charge in [-0.25, -0.2) is 4.79 Å². The van der Waals surface area contributed by atoms with Crippen molar-refractivity contribution in [3.8, 4) is 0 Å². The summed E-state index contributed by atoms with van der Waals surface area (Å²) in [4.78, 5) is 30.5. The number of aliphatic hydroxyl groups excluding tert-OH is 1. The molecule has 2 aromatic rings. The molecule has 0 bridgehead atoms. The van der Waals surface area contributed by atoms with E-state index >= 15 is 0 Å². The number of nitrogens with one attached hydrogen (secondary N) is 1. The van der Waals surface area contributed by atoms with E-state index in [2.05, 4.69) is 5.32 Å². The molecule has 2 N–H and O–H groups in total. The van der Waals surface area contributed by atoms with Gasteiger partial charge in [0.05, 0.1) is 13.2 Å². The maximum Gasteiger partial charge on any atom is 0.322 e. The second-order valence-corrected chi connectivity index (χ2v) is 8.16. The van der Waals surface area contributed by atoms with Crippen LogP contribution in [0.4, 0.5) is 16.2 Å². The Morgan fingerprint density at radius 2 is 2.19 bits per heavy atom. The normalized spacial score (nSPS) is 16.6. The molecule has 1 aliphatic rings. The third kappa shape index (κ3) is 4.67. The van der Waals surface area contributed by atoms with Crippen molar-refractivity contribution in [3.63, 3.8) is 0 Å². The number of carbonyl (C=O) groups is 2. The summed E-state index contributed by atoms with van der Waals surface area (Å²) in [5, 5.41) is 12.2. The van der Waals surface area contributed by atoms with E-state index < -0.39 is 0 Å². The molecule has 1 aliphatic heterocycles. The van der Waals surface area contributed by atoms with Crippen LogP contribution in [0, 0.1) is 6.92 Å². The standard InChI is InChI=1S/C20H25N3O3S/c1-14-6-9-19(25)23(14)17-5-3-4-16(12-17)21-20(26)22(10-11-24)13-18-8-7-15(2)27-18/h3-5,7-8,12,14,24H,6,9-11,13H2,1-2H3,(H,21,26)/t14-/m0/s1. The first-order chi connectivity index (χ1) is 13.0. The number of hydrogen-bond acceptors (Lipinski definition) is 4. The Bertz CT molecular complexity index is 820. The molecule has 27 heavy (non-hydrogen) atoms. The highest BCUT2D eigenvalue weighted by atomic mass is 32.1. The zero-order valence-corrected chi connectivity index (χ0v) is 16.5. The maximum atomic E-state index is 12.7. The number of thiophene rings is 1. The fourth-order valence-electron chi connectivity index (χ4n) is 3.29. The summed E-state index contributed by atoms with van der Waals surface area (Å²) in [6.07, 6.45) is 1.40. The van der Waals surface area contributed by atoms with Crippen molar-refractivity contribution in [2.45, 2.75) is 39.3 Å². The Hall–Kier alpha value is -2.38. The number of aryl methyl sites for hydroxylation is 1. The molecule has 1 fully saturated rings. The molecule has 1 aromatic carbocycles. The van der Waals surface area contributed by atoms with Crippen LogP contribution in [-0.2, 0) is 11.3 Å². The van der Waals surface area contributed by atoms with Crippen LogP contribution in [0.3, 0.4) is 0 Å². The van der Waals surface area contributed by atoms with Crippen molar-refractivity contribution in [2.24, 2.45) is 0 Å². The highest BCUT2D eigenvalue weighted by Crippen LogP contribution is 2.28. The lowest BCUT2D eigenvalue weighted by Gasteiger charge is -2.24. The van der Waals surface area contributed by atoms with Crippen molar-refractivity contribution in [2.75, 3.05) is 23.4 Å². The van der Waals surface area contributed by atoms with Gasteiger partial charge in [0.15, 0.2) is 0 Å². The van der Waals surface area contributed by atoms with Gasteiger partial charge in [-0.3, -0.25) is 4.79 Å². The Kier molecular flexibility index (Phi) is 6.13. The second-order valence-electron chi connectivity index (χ2n) is 6.79. The fourth-order valence-corrected chi connectivity index (χ4v) is 4.20. The smallest absolute Gasteiger partial charge is 0.322 e. The number of benzene rings is 1. The zero-order valence-electron chi connectivity index (χ0n) is 15.6. The highest BCUT2D eigenvalue weighted by molar-refractivity contribution is 7.11. The number of nitrogens with zero attached hydrogens (tertiary/aromatic N) is 2. The minimum atomic E-state index is -0.270.